The number of carbonyl (C=O) groups excluding carboxylic acids is 2. The number of carbonyl (C=O) groups is 2. The van der Waals surface area contributed by atoms with E-state index < -0.39 is 0 Å². The van der Waals surface area contributed by atoms with E-state index in [9.17, 15) is 9.59 Å². The Kier molecular flexibility index (Phi) is 5.18. The van der Waals surface area contributed by atoms with E-state index in [0.717, 1.165) is 45.3 Å². The van der Waals surface area contributed by atoms with Crippen molar-refractivity contribution in [3.63, 3.8) is 0 Å². The van der Waals surface area contributed by atoms with Gasteiger partial charge in [-0.05, 0) is 39.2 Å². The Balaban J connectivity index is 1.52. The Morgan fingerprint density at radius 2 is 2.04 bits per heavy atom. The maximum Gasteiger partial charge on any atom is 0.226 e. The third kappa shape index (κ3) is 3.77. The monoisotopic (exact) mass is 334 g/mol. The number of likely N-dealkylation sites (tertiary alicyclic amines) is 2. The predicted molar refractivity (Wildman–Crippen MR) is 89.5 cm³/mol. The molecule has 3 rings (SSSR count). The molecular weight excluding hydrogens is 308 g/mol. The van der Waals surface area contributed by atoms with Crippen LogP contribution in [0.15, 0.2) is 10.6 Å². The first-order valence-electron chi connectivity index (χ1n) is 8.79. The van der Waals surface area contributed by atoms with Crippen LogP contribution >= 0.6 is 0 Å². The van der Waals surface area contributed by atoms with Crippen LogP contribution in [0.3, 0.4) is 0 Å². The average Bonchev–Trinajstić information content (AvgIpc) is 3.24. The Morgan fingerprint density at radius 1 is 1.29 bits per heavy atom. The highest BCUT2D eigenvalue weighted by Crippen LogP contribution is 2.30. The molecule has 3 heterocycles. The molecule has 7 heteroatoms. The second-order valence-electron chi connectivity index (χ2n) is 6.79. The molecule has 7 nitrogen and oxygen atoms in total. The van der Waals surface area contributed by atoms with Crippen LogP contribution in [0.1, 0.15) is 44.8 Å². The lowest BCUT2D eigenvalue weighted by Gasteiger charge is -2.34. The zero-order valence-electron chi connectivity index (χ0n) is 14.5. The van der Waals surface area contributed by atoms with Crippen LogP contribution in [0.2, 0.25) is 0 Å². The third-order valence-electron chi connectivity index (χ3n) is 5.08. The number of nitrogens with zero attached hydrogens (tertiary/aromatic N) is 3. The Labute approximate surface area is 142 Å². The SMILES string of the molecule is CC(=O)N1CCC[C@@H]1[C@@H]1CCCN1CCC(=O)Nc1cc(C)on1. The van der Waals surface area contributed by atoms with Crippen LogP contribution in [0.5, 0.6) is 0 Å². The highest BCUT2D eigenvalue weighted by atomic mass is 16.5. The minimum atomic E-state index is -0.0520. The average molecular weight is 334 g/mol. The number of hydrogen-bond acceptors (Lipinski definition) is 5. The third-order valence-corrected chi connectivity index (χ3v) is 5.08. The second-order valence-corrected chi connectivity index (χ2v) is 6.79. The molecule has 24 heavy (non-hydrogen) atoms. The number of nitrogens with one attached hydrogen (secondary N) is 1. The Hall–Kier alpha value is -1.89. The maximum atomic E-state index is 12.1. The first-order chi connectivity index (χ1) is 11.5. The van der Waals surface area contributed by atoms with Crippen molar-refractivity contribution in [3.05, 3.63) is 11.8 Å². The zero-order valence-corrected chi connectivity index (χ0v) is 14.5. The first-order valence-corrected chi connectivity index (χ1v) is 8.79. The lowest BCUT2D eigenvalue weighted by molar-refractivity contribution is -0.130. The fraction of sp³-hybridized carbons (Fsp3) is 0.706. The minimum absolute atomic E-state index is 0.0520. The standard InChI is InChI=1S/C17H26N4O3/c1-12-11-16(19-24-12)18-17(23)7-10-20-8-3-5-14(20)15-6-4-9-21(15)13(2)22/h11,14-15H,3-10H2,1-2H3,(H,18,19,23)/t14-,15+/m0/s1. The summed E-state index contributed by atoms with van der Waals surface area (Å²) in [6.45, 7) is 6.04. The topological polar surface area (TPSA) is 78.7 Å². The molecule has 0 aliphatic carbocycles. The van der Waals surface area contributed by atoms with Crippen LogP contribution in [0.4, 0.5) is 5.82 Å². The largest absolute Gasteiger partial charge is 0.360 e. The second kappa shape index (κ2) is 7.34. The molecule has 0 spiro atoms. The van der Waals surface area contributed by atoms with Crippen molar-refractivity contribution in [2.45, 2.75) is 58.0 Å². The van der Waals surface area contributed by atoms with Gasteiger partial charge in [0.2, 0.25) is 11.8 Å². The van der Waals surface area contributed by atoms with Gasteiger partial charge in [-0.1, -0.05) is 5.16 Å². The number of rotatable bonds is 5. The maximum absolute atomic E-state index is 12.1. The van der Waals surface area contributed by atoms with Gasteiger partial charge in [-0.25, -0.2) is 0 Å². The van der Waals surface area contributed by atoms with Crippen LogP contribution in [-0.2, 0) is 9.59 Å². The van der Waals surface area contributed by atoms with Crippen LogP contribution < -0.4 is 5.32 Å². The summed E-state index contributed by atoms with van der Waals surface area (Å²) < 4.78 is 4.95. The molecule has 0 saturated carbocycles. The van der Waals surface area contributed by atoms with Crippen molar-refractivity contribution >= 4 is 17.6 Å². The van der Waals surface area contributed by atoms with E-state index in [-0.39, 0.29) is 11.8 Å². The summed E-state index contributed by atoms with van der Waals surface area (Å²) in [6, 6.07) is 2.41. The normalized spacial score (nSPS) is 24.5. The van der Waals surface area contributed by atoms with Gasteiger partial charge in [0, 0.05) is 44.6 Å². The lowest BCUT2D eigenvalue weighted by atomic mass is 10.0. The van der Waals surface area contributed by atoms with E-state index >= 15 is 0 Å². The van der Waals surface area contributed by atoms with Crippen molar-refractivity contribution in [1.82, 2.24) is 15.0 Å². The Morgan fingerprint density at radius 3 is 2.75 bits per heavy atom. The summed E-state index contributed by atoms with van der Waals surface area (Å²) in [7, 11) is 0. The van der Waals surface area contributed by atoms with Crippen molar-refractivity contribution in [1.29, 1.82) is 0 Å². The number of hydrogen-bond donors (Lipinski definition) is 1. The van der Waals surface area contributed by atoms with Crippen molar-refractivity contribution in [3.8, 4) is 0 Å². The zero-order chi connectivity index (χ0) is 17.1. The lowest BCUT2D eigenvalue weighted by Crippen LogP contribution is -2.48. The van der Waals surface area contributed by atoms with Crippen LogP contribution in [0.25, 0.3) is 0 Å². The van der Waals surface area contributed by atoms with Gasteiger partial charge in [0.25, 0.3) is 0 Å². The smallest absolute Gasteiger partial charge is 0.226 e. The molecule has 2 aliphatic rings. The molecule has 2 atom stereocenters. The molecule has 132 valence electrons. The molecule has 2 saturated heterocycles. The minimum Gasteiger partial charge on any atom is -0.360 e. The summed E-state index contributed by atoms with van der Waals surface area (Å²) in [5, 5.41) is 6.54. The van der Waals surface area contributed by atoms with E-state index in [2.05, 4.69) is 15.4 Å². The van der Waals surface area contributed by atoms with Gasteiger partial charge in [-0.2, -0.15) is 0 Å². The molecule has 0 radical (unpaired) electrons. The highest BCUT2D eigenvalue weighted by molar-refractivity contribution is 5.89. The molecule has 0 aromatic carbocycles. The molecule has 1 aromatic rings. The van der Waals surface area contributed by atoms with Gasteiger partial charge in [-0.15, -0.1) is 0 Å². The van der Waals surface area contributed by atoms with Gasteiger partial charge in [0.1, 0.15) is 5.76 Å². The first kappa shape index (κ1) is 17.0. The van der Waals surface area contributed by atoms with E-state index in [1.165, 1.54) is 0 Å². The summed E-state index contributed by atoms with van der Waals surface area (Å²) in [6.07, 6.45) is 4.83. The molecule has 0 unspecified atom stereocenters. The molecule has 0 bridgehead atoms. The van der Waals surface area contributed by atoms with Crippen molar-refractivity contribution < 1.29 is 14.1 Å². The number of amides is 2. The van der Waals surface area contributed by atoms with Gasteiger partial charge in [-0.3, -0.25) is 14.5 Å². The number of aryl methyl sites for hydroxylation is 1. The van der Waals surface area contributed by atoms with Crippen LogP contribution in [-0.4, -0.2) is 58.5 Å². The quantitative estimate of drug-likeness (QED) is 0.888. The number of aromatic nitrogens is 1. The summed E-state index contributed by atoms with van der Waals surface area (Å²) in [5.74, 6) is 1.26. The molecule has 1 N–H and O–H groups in total. The van der Waals surface area contributed by atoms with E-state index in [4.69, 9.17) is 4.52 Å². The van der Waals surface area contributed by atoms with Crippen molar-refractivity contribution in [2.75, 3.05) is 25.0 Å². The van der Waals surface area contributed by atoms with Gasteiger partial charge in [0.15, 0.2) is 5.82 Å². The predicted octanol–water partition coefficient (Wildman–Crippen LogP) is 1.79. The summed E-state index contributed by atoms with van der Waals surface area (Å²) in [5.41, 5.74) is 0. The van der Waals surface area contributed by atoms with Gasteiger partial charge in [0.05, 0.1) is 0 Å². The van der Waals surface area contributed by atoms with E-state index in [1.807, 2.05) is 4.90 Å². The fourth-order valence-electron chi connectivity index (χ4n) is 4.02. The Bertz CT molecular complexity index is 600. The molecule has 2 aliphatic heterocycles. The fourth-order valence-corrected chi connectivity index (χ4v) is 4.02. The van der Waals surface area contributed by atoms with E-state index in [0.29, 0.717) is 30.1 Å². The molecule has 2 fully saturated rings. The number of anilines is 1. The molecule has 2 amide bonds. The molecule has 1 aromatic heterocycles. The molecular formula is C17H26N4O3. The summed E-state index contributed by atoms with van der Waals surface area (Å²) in [4.78, 5) is 28.3. The van der Waals surface area contributed by atoms with Crippen LogP contribution in [0, 0.1) is 6.92 Å². The van der Waals surface area contributed by atoms with Gasteiger partial charge < -0.3 is 14.7 Å². The van der Waals surface area contributed by atoms with Gasteiger partial charge >= 0.3 is 0 Å². The highest BCUT2D eigenvalue weighted by Gasteiger charge is 2.38. The van der Waals surface area contributed by atoms with Crippen molar-refractivity contribution in [2.24, 2.45) is 0 Å². The van der Waals surface area contributed by atoms with E-state index in [1.54, 1.807) is 19.9 Å². The summed E-state index contributed by atoms with van der Waals surface area (Å²) >= 11 is 0.